The molecule has 0 saturated carbocycles. The molecule has 0 saturated heterocycles. The highest BCUT2D eigenvalue weighted by Crippen LogP contribution is 2.30. The molecule has 0 aliphatic heterocycles. The number of thiophene rings is 1. The summed E-state index contributed by atoms with van der Waals surface area (Å²) in [5.41, 5.74) is 0.600. The van der Waals surface area contributed by atoms with Crippen LogP contribution >= 0.6 is 11.3 Å². The van der Waals surface area contributed by atoms with E-state index in [4.69, 9.17) is 0 Å². The molecule has 0 aliphatic rings. The average molecular weight is 293 g/mol. The summed E-state index contributed by atoms with van der Waals surface area (Å²) in [6, 6.07) is 8.34. The van der Waals surface area contributed by atoms with Crippen LogP contribution in [-0.2, 0) is 0 Å². The van der Waals surface area contributed by atoms with E-state index in [1.165, 1.54) is 23.1 Å². The Morgan fingerprint density at radius 3 is 2.80 bits per heavy atom. The first-order valence-corrected chi connectivity index (χ1v) is 7.77. The molecule has 2 rings (SSSR count). The van der Waals surface area contributed by atoms with E-state index >= 15 is 0 Å². The Labute approximate surface area is 123 Å². The standard InChI is InChI=1S/C16H20FNOS/c1-3-5-14(16-6-4-9-20-16)18-11(2)13-10-12(17)7-8-15(13)19/h4,6-11,14,18-19H,3,5H2,1-2H3. The first-order valence-electron chi connectivity index (χ1n) is 6.89. The first kappa shape index (κ1) is 15.0. The monoisotopic (exact) mass is 293 g/mol. The highest BCUT2D eigenvalue weighted by atomic mass is 32.1. The minimum absolute atomic E-state index is 0.107. The van der Waals surface area contributed by atoms with E-state index in [1.54, 1.807) is 11.3 Å². The van der Waals surface area contributed by atoms with Crippen LogP contribution in [0.25, 0.3) is 0 Å². The lowest BCUT2D eigenvalue weighted by Gasteiger charge is -2.23. The number of phenolic OH excluding ortho intramolecular Hbond substituents is 1. The van der Waals surface area contributed by atoms with Crippen molar-refractivity contribution in [1.82, 2.24) is 5.32 Å². The molecule has 0 amide bonds. The van der Waals surface area contributed by atoms with E-state index in [9.17, 15) is 9.50 Å². The maximum Gasteiger partial charge on any atom is 0.123 e. The van der Waals surface area contributed by atoms with Crippen LogP contribution in [0, 0.1) is 5.82 Å². The second kappa shape index (κ2) is 6.86. The van der Waals surface area contributed by atoms with Crippen LogP contribution in [0.1, 0.15) is 49.2 Å². The lowest BCUT2D eigenvalue weighted by molar-refractivity contribution is 0.416. The highest BCUT2D eigenvalue weighted by molar-refractivity contribution is 7.10. The van der Waals surface area contributed by atoms with Crippen LogP contribution in [0.3, 0.4) is 0 Å². The molecule has 0 aliphatic carbocycles. The number of halogens is 1. The molecule has 0 spiro atoms. The van der Waals surface area contributed by atoms with Crippen molar-refractivity contribution in [3.63, 3.8) is 0 Å². The maximum atomic E-state index is 13.3. The van der Waals surface area contributed by atoms with Gasteiger partial charge >= 0.3 is 0 Å². The predicted molar refractivity (Wildman–Crippen MR) is 81.6 cm³/mol. The van der Waals surface area contributed by atoms with Gasteiger partial charge in [-0.25, -0.2) is 4.39 Å². The molecule has 1 aromatic heterocycles. The number of phenols is 1. The molecule has 2 unspecified atom stereocenters. The van der Waals surface area contributed by atoms with E-state index < -0.39 is 0 Å². The van der Waals surface area contributed by atoms with Gasteiger partial charge in [0.05, 0.1) is 0 Å². The van der Waals surface area contributed by atoms with Crippen LogP contribution in [0.4, 0.5) is 4.39 Å². The second-order valence-electron chi connectivity index (χ2n) is 4.95. The van der Waals surface area contributed by atoms with Crippen molar-refractivity contribution >= 4 is 11.3 Å². The van der Waals surface area contributed by atoms with Crippen LogP contribution in [0.2, 0.25) is 0 Å². The van der Waals surface area contributed by atoms with Gasteiger partial charge < -0.3 is 10.4 Å². The maximum absolute atomic E-state index is 13.3. The summed E-state index contributed by atoms with van der Waals surface area (Å²) >= 11 is 1.72. The minimum atomic E-state index is -0.324. The first-order chi connectivity index (χ1) is 9.61. The minimum Gasteiger partial charge on any atom is -0.508 e. The van der Waals surface area contributed by atoms with E-state index in [1.807, 2.05) is 13.0 Å². The number of aromatic hydroxyl groups is 1. The lowest BCUT2D eigenvalue weighted by Crippen LogP contribution is -2.24. The Bertz CT molecular complexity index is 541. The molecule has 2 nitrogen and oxygen atoms in total. The smallest absolute Gasteiger partial charge is 0.123 e. The third kappa shape index (κ3) is 3.58. The van der Waals surface area contributed by atoms with Crippen molar-refractivity contribution < 1.29 is 9.50 Å². The summed E-state index contributed by atoms with van der Waals surface area (Å²) in [6.45, 7) is 4.09. The molecule has 0 bridgehead atoms. The summed E-state index contributed by atoms with van der Waals surface area (Å²) in [7, 11) is 0. The number of benzene rings is 1. The molecule has 108 valence electrons. The lowest BCUT2D eigenvalue weighted by atomic mass is 10.0. The van der Waals surface area contributed by atoms with Gasteiger partial charge in [-0.2, -0.15) is 0 Å². The number of nitrogens with one attached hydrogen (secondary N) is 1. The number of hydrogen-bond acceptors (Lipinski definition) is 3. The van der Waals surface area contributed by atoms with Gasteiger partial charge in [-0.3, -0.25) is 0 Å². The topological polar surface area (TPSA) is 32.3 Å². The number of rotatable bonds is 6. The zero-order chi connectivity index (χ0) is 14.5. The van der Waals surface area contributed by atoms with Gasteiger partial charge in [-0.1, -0.05) is 19.4 Å². The summed E-state index contributed by atoms with van der Waals surface area (Å²) < 4.78 is 13.3. The molecule has 1 aromatic carbocycles. The Hall–Kier alpha value is -1.39. The SMILES string of the molecule is CCCC(NC(C)c1cc(F)ccc1O)c1cccs1. The summed E-state index contributed by atoms with van der Waals surface area (Å²) in [4.78, 5) is 1.27. The Morgan fingerprint density at radius 2 is 2.15 bits per heavy atom. The fourth-order valence-electron chi connectivity index (χ4n) is 2.35. The third-order valence-electron chi connectivity index (χ3n) is 3.37. The van der Waals surface area contributed by atoms with Gasteiger partial charge in [-0.15, -0.1) is 11.3 Å². The van der Waals surface area contributed by atoms with E-state index in [0.717, 1.165) is 12.8 Å². The molecule has 1 heterocycles. The fourth-order valence-corrected chi connectivity index (χ4v) is 3.17. The molecular weight excluding hydrogens is 273 g/mol. The Kier molecular flexibility index (Phi) is 5.15. The molecule has 2 atom stereocenters. The molecule has 2 aromatic rings. The van der Waals surface area contributed by atoms with Crippen molar-refractivity contribution in [3.8, 4) is 5.75 Å². The van der Waals surface area contributed by atoms with Crippen molar-refractivity contribution in [3.05, 3.63) is 52.0 Å². The normalized spacial score (nSPS) is 14.2. The van der Waals surface area contributed by atoms with Gasteiger partial charge in [0, 0.05) is 22.5 Å². The third-order valence-corrected chi connectivity index (χ3v) is 4.36. The van der Waals surface area contributed by atoms with Crippen molar-refractivity contribution in [2.45, 2.75) is 38.8 Å². The number of hydrogen-bond donors (Lipinski definition) is 2. The molecule has 4 heteroatoms. The molecule has 0 radical (unpaired) electrons. The van der Waals surface area contributed by atoms with Gasteiger partial charge in [0.1, 0.15) is 11.6 Å². The van der Waals surface area contributed by atoms with Crippen LogP contribution in [0.5, 0.6) is 5.75 Å². The van der Waals surface area contributed by atoms with Gasteiger partial charge in [0.15, 0.2) is 0 Å². The molecule has 2 N–H and O–H groups in total. The van der Waals surface area contributed by atoms with E-state index in [2.05, 4.69) is 23.7 Å². The quantitative estimate of drug-likeness (QED) is 0.803. The van der Waals surface area contributed by atoms with Crippen molar-refractivity contribution in [2.24, 2.45) is 0 Å². The van der Waals surface area contributed by atoms with Crippen LogP contribution in [0.15, 0.2) is 35.7 Å². The fraction of sp³-hybridized carbons (Fsp3) is 0.375. The summed E-state index contributed by atoms with van der Waals surface area (Å²) in [6.07, 6.45) is 2.08. The molecular formula is C16H20FNOS. The van der Waals surface area contributed by atoms with Gasteiger partial charge in [-0.05, 0) is 43.0 Å². The average Bonchev–Trinajstić information content (AvgIpc) is 2.95. The van der Waals surface area contributed by atoms with Crippen LogP contribution in [-0.4, -0.2) is 5.11 Å². The Morgan fingerprint density at radius 1 is 1.35 bits per heavy atom. The zero-order valence-electron chi connectivity index (χ0n) is 11.8. The second-order valence-corrected chi connectivity index (χ2v) is 5.93. The Balaban J connectivity index is 2.15. The molecule has 20 heavy (non-hydrogen) atoms. The predicted octanol–water partition coefficient (Wildman–Crippen LogP) is 4.78. The van der Waals surface area contributed by atoms with E-state index in [0.29, 0.717) is 5.56 Å². The van der Waals surface area contributed by atoms with Gasteiger partial charge in [0.25, 0.3) is 0 Å². The van der Waals surface area contributed by atoms with E-state index in [-0.39, 0.29) is 23.7 Å². The van der Waals surface area contributed by atoms with Crippen molar-refractivity contribution in [2.75, 3.05) is 0 Å². The highest BCUT2D eigenvalue weighted by Gasteiger charge is 2.18. The molecule has 0 fully saturated rings. The summed E-state index contributed by atoms with van der Waals surface area (Å²) in [5.74, 6) is -0.192. The largest absolute Gasteiger partial charge is 0.508 e. The zero-order valence-corrected chi connectivity index (χ0v) is 12.6. The van der Waals surface area contributed by atoms with Crippen molar-refractivity contribution in [1.29, 1.82) is 0 Å². The van der Waals surface area contributed by atoms with Gasteiger partial charge in [0.2, 0.25) is 0 Å². The summed E-state index contributed by atoms with van der Waals surface area (Å²) in [5, 5.41) is 15.4. The van der Waals surface area contributed by atoms with Crippen LogP contribution < -0.4 is 5.32 Å².